The molecule has 92 valence electrons. The first-order valence-electron chi connectivity index (χ1n) is 5.63. The molecule has 0 saturated heterocycles. The lowest BCUT2D eigenvalue weighted by Gasteiger charge is -2.13. The molecule has 0 aromatic rings. The molecule has 0 amide bonds. The SMILES string of the molecule is C/C=C\C=C/C1=C(C)CN(CCN)C1.CO. The Labute approximate surface area is 98.9 Å². The minimum atomic E-state index is 0.749. The summed E-state index contributed by atoms with van der Waals surface area (Å²) >= 11 is 0. The van der Waals surface area contributed by atoms with Crippen molar-refractivity contribution in [1.82, 2.24) is 4.90 Å². The van der Waals surface area contributed by atoms with E-state index in [1.807, 2.05) is 13.0 Å². The van der Waals surface area contributed by atoms with Gasteiger partial charge >= 0.3 is 0 Å². The maximum absolute atomic E-state index is 7.00. The van der Waals surface area contributed by atoms with E-state index in [-0.39, 0.29) is 0 Å². The molecule has 0 spiro atoms. The van der Waals surface area contributed by atoms with Crippen molar-refractivity contribution in [2.45, 2.75) is 13.8 Å². The molecule has 3 N–H and O–H groups in total. The van der Waals surface area contributed by atoms with Gasteiger partial charge in [-0.25, -0.2) is 0 Å². The average Bonchev–Trinajstić information content (AvgIpc) is 2.63. The van der Waals surface area contributed by atoms with E-state index >= 15 is 0 Å². The maximum Gasteiger partial charge on any atom is 0.0319 e. The second kappa shape index (κ2) is 9.33. The highest BCUT2D eigenvalue weighted by Gasteiger charge is 2.15. The second-order valence-corrected chi connectivity index (χ2v) is 3.69. The van der Waals surface area contributed by atoms with Gasteiger partial charge in [0, 0.05) is 33.3 Å². The molecule has 1 rings (SSSR count). The standard InChI is InChI=1S/C12H20N2.CH4O/c1-3-4-5-6-12-10-14(8-7-13)9-11(12)2;1-2/h3-6H,7-10,13H2,1-2H3;2H,1H3/b4-3-,6-5-;. The molecule has 3 nitrogen and oxygen atoms in total. The summed E-state index contributed by atoms with van der Waals surface area (Å²) in [5.74, 6) is 0. The summed E-state index contributed by atoms with van der Waals surface area (Å²) in [6.07, 6.45) is 8.40. The predicted molar refractivity (Wildman–Crippen MR) is 70.3 cm³/mol. The molecule has 0 saturated carbocycles. The monoisotopic (exact) mass is 224 g/mol. The van der Waals surface area contributed by atoms with E-state index in [1.54, 1.807) is 0 Å². The van der Waals surface area contributed by atoms with Gasteiger partial charge in [0.1, 0.15) is 0 Å². The summed E-state index contributed by atoms with van der Waals surface area (Å²) in [5.41, 5.74) is 8.44. The number of nitrogens with zero attached hydrogens (tertiary/aromatic N) is 1. The van der Waals surface area contributed by atoms with Gasteiger partial charge < -0.3 is 10.8 Å². The van der Waals surface area contributed by atoms with E-state index in [0.29, 0.717) is 0 Å². The van der Waals surface area contributed by atoms with Gasteiger partial charge in [0.15, 0.2) is 0 Å². The Kier molecular flexibility index (Phi) is 8.81. The van der Waals surface area contributed by atoms with Crippen molar-refractivity contribution in [2.24, 2.45) is 5.73 Å². The Morgan fingerprint density at radius 3 is 2.56 bits per heavy atom. The van der Waals surface area contributed by atoms with Crippen LogP contribution in [0.3, 0.4) is 0 Å². The summed E-state index contributed by atoms with van der Waals surface area (Å²) in [5, 5.41) is 7.00. The van der Waals surface area contributed by atoms with Crippen LogP contribution < -0.4 is 5.73 Å². The topological polar surface area (TPSA) is 49.5 Å². The van der Waals surface area contributed by atoms with Gasteiger partial charge in [-0.1, -0.05) is 29.9 Å². The van der Waals surface area contributed by atoms with E-state index in [4.69, 9.17) is 10.8 Å². The highest BCUT2D eigenvalue weighted by molar-refractivity contribution is 5.32. The molecule has 0 bridgehead atoms. The summed E-state index contributed by atoms with van der Waals surface area (Å²) < 4.78 is 0. The molecule has 1 aliphatic rings. The molecular weight excluding hydrogens is 200 g/mol. The fourth-order valence-corrected chi connectivity index (χ4v) is 1.69. The molecule has 0 fully saturated rings. The summed E-state index contributed by atoms with van der Waals surface area (Å²) in [7, 11) is 1.00. The maximum atomic E-state index is 7.00. The third kappa shape index (κ3) is 5.26. The van der Waals surface area contributed by atoms with Crippen LogP contribution in [-0.2, 0) is 0 Å². The van der Waals surface area contributed by atoms with Crippen molar-refractivity contribution < 1.29 is 5.11 Å². The van der Waals surface area contributed by atoms with Crippen molar-refractivity contribution >= 4 is 0 Å². The minimum absolute atomic E-state index is 0.749. The Hall–Kier alpha value is -0.900. The summed E-state index contributed by atoms with van der Waals surface area (Å²) in [6.45, 7) is 8.11. The van der Waals surface area contributed by atoms with Crippen LogP contribution in [0.4, 0.5) is 0 Å². The number of rotatable bonds is 4. The normalized spacial score (nSPS) is 17.3. The van der Waals surface area contributed by atoms with Gasteiger partial charge in [0.2, 0.25) is 0 Å². The Morgan fingerprint density at radius 2 is 2.00 bits per heavy atom. The number of aliphatic hydroxyl groups excluding tert-OH is 1. The van der Waals surface area contributed by atoms with E-state index < -0.39 is 0 Å². The average molecular weight is 224 g/mol. The molecule has 0 aromatic carbocycles. The van der Waals surface area contributed by atoms with Crippen LogP contribution in [0.2, 0.25) is 0 Å². The lowest BCUT2D eigenvalue weighted by molar-refractivity contribution is 0.356. The highest BCUT2D eigenvalue weighted by atomic mass is 16.2. The third-order valence-electron chi connectivity index (χ3n) is 2.45. The van der Waals surface area contributed by atoms with Gasteiger partial charge in [0.25, 0.3) is 0 Å². The molecule has 16 heavy (non-hydrogen) atoms. The van der Waals surface area contributed by atoms with Gasteiger partial charge in [-0.2, -0.15) is 0 Å². The summed E-state index contributed by atoms with van der Waals surface area (Å²) in [6, 6.07) is 0. The largest absolute Gasteiger partial charge is 0.400 e. The zero-order chi connectivity index (χ0) is 12.4. The van der Waals surface area contributed by atoms with E-state index in [0.717, 1.165) is 33.3 Å². The third-order valence-corrected chi connectivity index (χ3v) is 2.45. The smallest absolute Gasteiger partial charge is 0.0319 e. The fourth-order valence-electron chi connectivity index (χ4n) is 1.69. The van der Waals surface area contributed by atoms with Crippen LogP contribution in [0.1, 0.15) is 13.8 Å². The van der Waals surface area contributed by atoms with E-state index in [9.17, 15) is 0 Å². The molecular formula is C13H24N2O. The molecule has 0 unspecified atom stereocenters. The van der Waals surface area contributed by atoms with Crippen molar-refractivity contribution in [1.29, 1.82) is 0 Å². The molecule has 1 heterocycles. The fraction of sp³-hybridized carbons (Fsp3) is 0.538. The minimum Gasteiger partial charge on any atom is -0.400 e. The van der Waals surface area contributed by atoms with E-state index in [2.05, 4.69) is 30.1 Å². The van der Waals surface area contributed by atoms with Gasteiger partial charge in [-0.3, -0.25) is 4.90 Å². The van der Waals surface area contributed by atoms with Crippen LogP contribution in [0.25, 0.3) is 0 Å². The van der Waals surface area contributed by atoms with Crippen LogP contribution in [0, 0.1) is 0 Å². The first-order chi connectivity index (χ1) is 7.77. The first kappa shape index (κ1) is 15.1. The molecule has 1 aliphatic heterocycles. The zero-order valence-corrected chi connectivity index (χ0v) is 10.6. The molecule has 0 atom stereocenters. The van der Waals surface area contributed by atoms with Crippen LogP contribution in [-0.4, -0.2) is 43.3 Å². The molecule has 0 aliphatic carbocycles. The van der Waals surface area contributed by atoms with Gasteiger partial charge in [-0.15, -0.1) is 0 Å². The summed E-state index contributed by atoms with van der Waals surface area (Å²) in [4.78, 5) is 2.38. The number of hydrogen-bond acceptors (Lipinski definition) is 3. The van der Waals surface area contributed by atoms with E-state index in [1.165, 1.54) is 11.1 Å². The molecule has 3 heteroatoms. The quantitative estimate of drug-likeness (QED) is 0.708. The van der Waals surface area contributed by atoms with Crippen LogP contribution in [0.5, 0.6) is 0 Å². The number of allylic oxidation sites excluding steroid dienone is 3. The van der Waals surface area contributed by atoms with Crippen molar-refractivity contribution in [3.8, 4) is 0 Å². The Morgan fingerprint density at radius 1 is 1.31 bits per heavy atom. The van der Waals surface area contributed by atoms with Crippen molar-refractivity contribution in [3.05, 3.63) is 35.5 Å². The first-order valence-corrected chi connectivity index (χ1v) is 5.63. The molecule has 0 radical (unpaired) electrons. The van der Waals surface area contributed by atoms with Gasteiger partial charge in [-0.05, 0) is 19.4 Å². The lowest BCUT2D eigenvalue weighted by Crippen LogP contribution is -2.27. The van der Waals surface area contributed by atoms with Crippen LogP contribution in [0.15, 0.2) is 35.5 Å². The van der Waals surface area contributed by atoms with Crippen molar-refractivity contribution in [2.75, 3.05) is 33.3 Å². The number of aliphatic hydroxyl groups is 1. The Bertz CT molecular complexity index is 267. The van der Waals surface area contributed by atoms with Gasteiger partial charge in [0.05, 0.1) is 0 Å². The Balaban J connectivity index is 0.00000106. The van der Waals surface area contributed by atoms with Crippen molar-refractivity contribution in [3.63, 3.8) is 0 Å². The second-order valence-electron chi connectivity index (χ2n) is 3.69. The lowest BCUT2D eigenvalue weighted by atomic mass is 10.1. The van der Waals surface area contributed by atoms with Crippen LogP contribution >= 0.6 is 0 Å². The predicted octanol–water partition coefficient (Wildman–Crippen LogP) is 1.32. The number of hydrogen-bond donors (Lipinski definition) is 2. The highest BCUT2D eigenvalue weighted by Crippen LogP contribution is 2.17. The molecule has 0 aromatic heterocycles. The zero-order valence-electron chi connectivity index (χ0n) is 10.6. The number of nitrogens with two attached hydrogens (primary N) is 1.